The van der Waals surface area contributed by atoms with E-state index in [0.717, 1.165) is 0 Å². The minimum Gasteiger partial charge on any atom is -0.478 e. The first-order valence-corrected chi connectivity index (χ1v) is 8.43. The van der Waals surface area contributed by atoms with Crippen LogP contribution >= 0.6 is 0 Å². The van der Waals surface area contributed by atoms with Crippen molar-refractivity contribution in [1.29, 1.82) is 0 Å². The highest BCUT2D eigenvalue weighted by Crippen LogP contribution is 2.18. The Morgan fingerprint density at radius 2 is 1.26 bits per heavy atom. The number of carbonyl (C=O) groups excluding carboxylic acids is 1. The quantitative estimate of drug-likeness (QED) is 0.290. The largest absolute Gasteiger partial charge is 0.478 e. The maximum atomic E-state index is 10.9. The molecule has 8 nitrogen and oxygen atoms in total. The first kappa shape index (κ1) is 30.0. The Hall–Kier alpha value is -1.74. The van der Waals surface area contributed by atoms with Crippen LogP contribution in [0.3, 0.4) is 0 Å². The molecule has 0 saturated heterocycles. The van der Waals surface area contributed by atoms with E-state index in [1.807, 2.05) is 20.8 Å². The van der Waals surface area contributed by atoms with Gasteiger partial charge in [-0.3, -0.25) is 0 Å². The van der Waals surface area contributed by atoms with Crippen molar-refractivity contribution in [2.45, 2.75) is 41.0 Å². The van der Waals surface area contributed by atoms with Crippen molar-refractivity contribution in [1.82, 2.24) is 0 Å². The lowest BCUT2D eigenvalue weighted by molar-refractivity contribution is -0.142. The van der Waals surface area contributed by atoms with Gasteiger partial charge in [0.1, 0.15) is 0 Å². The minimum absolute atomic E-state index is 0.00350. The molecular formula is C19H36O8. The van der Waals surface area contributed by atoms with Gasteiger partial charge in [-0.1, -0.05) is 33.9 Å². The van der Waals surface area contributed by atoms with E-state index in [0.29, 0.717) is 12.0 Å². The zero-order chi connectivity index (χ0) is 22.3. The average Bonchev–Trinajstić information content (AvgIpc) is 2.63. The fourth-order valence-corrected chi connectivity index (χ4v) is 0.915. The summed E-state index contributed by atoms with van der Waals surface area (Å²) >= 11 is 0. The number of carbonyl (C=O) groups is 2. The molecule has 0 fully saturated rings. The normalized spacial score (nSPS) is 10.6. The number of aliphatic hydroxyl groups is 4. The highest BCUT2D eigenvalue weighted by molar-refractivity contribution is 5.86. The van der Waals surface area contributed by atoms with Crippen LogP contribution in [0.25, 0.3) is 0 Å². The lowest BCUT2D eigenvalue weighted by Gasteiger charge is -2.24. The third kappa shape index (κ3) is 16.2. The van der Waals surface area contributed by atoms with Gasteiger partial charge in [-0.25, -0.2) is 9.59 Å². The van der Waals surface area contributed by atoms with Crippen molar-refractivity contribution in [3.63, 3.8) is 0 Å². The third-order valence-electron chi connectivity index (χ3n) is 3.49. The number of aliphatic carboxylic acids is 1. The lowest BCUT2D eigenvalue weighted by atomic mass is 9.88. The van der Waals surface area contributed by atoms with Crippen molar-refractivity contribution in [3.8, 4) is 0 Å². The third-order valence-corrected chi connectivity index (χ3v) is 3.49. The number of esters is 1. The molecule has 0 atom stereocenters. The van der Waals surface area contributed by atoms with E-state index in [2.05, 4.69) is 13.2 Å². The molecule has 0 aliphatic rings. The van der Waals surface area contributed by atoms with Gasteiger partial charge in [0.05, 0.1) is 33.0 Å². The zero-order valence-corrected chi connectivity index (χ0v) is 17.1. The molecule has 8 heteroatoms. The first-order chi connectivity index (χ1) is 12.3. The molecule has 0 heterocycles. The van der Waals surface area contributed by atoms with Crippen LogP contribution in [0.1, 0.15) is 41.0 Å². The molecule has 0 aromatic rings. The molecular weight excluding hydrogens is 356 g/mol. The molecule has 0 rings (SSSR count). The van der Waals surface area contributed by atoms with E-state index in [1.165, 1.54) is 6.92 Å². The zero-order valence-electron chi connectivity index (χ0n) is 17.1. The predicted molar refractivity (Wildman–Crippen MR) is 103 cm³/mol. The van der Waals surface area contributed by atoms with Gasteiger partial charge in [0.25, 0.3) is 0 Å². The van der Waals surface area contributed by atoms with Gasteiger partial charge in [0.15, 0.2) is 0 Å². The summed E-state index contributed by atoms with van der Waals surface area (Å²) in [6.07, 6.45) is 0.594. The van der Waals surface area contributed by atoms with Gasteiger partial charge < -0.3 is 30.3 Å². The SMILES string of the molecule is C=C(C)C(=O)O.C=C(C)C(=O)OCC(C)(C)CO.CCC(CO)(CO)CO. The number of hydrogen-bond acceptors (Lipinski definition) is 7. The van der Waals surface area contributed by atoms with Gasteiger partial charge in [0.2, 0.25) is 0 Å². The van der Waals surface area contributed by atoms with Crippen LogP contribution in [0.15, 0.2) is 24.3 Å². The van der Waals surface area contributed by atoms with Gasteiger partial charge >= 0.3 is 11.9 Å². The number of hydrogen-bond donors (Lipinski definition) is 5. The fraction of sp³-hybridized carbons (Fsp3) is 0.684. The lowest BCUT2D eigenvalue weighted by Crippen LogP contribution is -2.32. The first-order valence-electron chi connectivity index (χ1n) is 8.43. The smallest absolute Gasteiger partial charge is 0.333 e. The van der Waals surface area contributed by atoms with E-state index >= 15 is 0 Å². The Kier molecular flexibility index (Phi) is 17.0. The van der Waals surface area contributed by atoms with Crippen molar-refractivity contribution < 1.29 is 39.9 Å². The molecule has 0 aliphatic heterocycles. The summed E-state index contributed by atoms with van der Waals surface area (Å²) in [7, 11) is 0. The second-order valence-corrected chi connectivity index (χ2v) is 7.09. The van der Waals surface area contributed by atoms with E-state index in [-0.39, 0.29) is 44.0 Å². The van der Waals surface area contributed by atoms with Gasteiger partial charge in [-0.2, -0.15) is 0 Å². The highest BCUT2D eigenvalue weighted by Gasteiger charge is 2.24. The van der Waals surface area contributed by atoms with Crippen LogP contribution in [0, 0.1) is 10.8 Å². The molecule has 0 amide bonds. The molecule has 0 aromatic heterocycles. The van der Waals surface area contributed by atoms with Gasteiger partial charge in [0, 0.05) is 22.0 Å². The number of ether oxygens (including phenoxy) is 1. The summed E-state index contributed by atoms with van der Waals surface area (Å²) in [5, 5.41) is 42.7. The summed E-state index contributed by atoms with van der Waals surface area (Å²) in [5.74, 6) is -1.34. The van der Waals surface area contributed by atoms with Crippen LogP contribution in [-0.2, 0) is 14.3 Å². The molecule has 5 N–H and O–H groups in total. The summed E-state index contributed by atoms with van der Waals surface area (Å²) in [5.41, 5.74) is -0.482. The highest BCUT2D eigenvalue weighted by atomic mass is 16.5. The molecule has 0 aromatic carbocycles. The number of rotatable bonds is 9. The standard InChI is InChI=1S/C9H16O3.C6H14O3.C4H6O2/c1-7(2)8(11)12-6-9(3,4)5-10;1-2-6(3-7,4-8)5-9;1-3(2)4(5)6/h10H,1,5-6H2,2-4H3;7-9H,2-5H2,1H3;1H2,2H3,(H,5,6). The molecule has 0 saturated carbocycles. The van der Waals surface area contributed by atoms with Crippen LogP contribution in [0.4, 0.5) is 0 Å². The Balaban J connectivity index is -0.000000340. The maximum absolute atomic E-state index is 10.9. The Morgan fingerprint density at radius 3 is 1.41 bits per heavy atom. The predicted octanol–water partition coefficient (Wildman–Crippen LogP) is 1.13. The van der Waals surface area contributed by atoms with E-state index in [4.69, 9.17) is 30.3 Å². The van der Waals surface area contributed by atoms with Crippen molar-refractivity contribution in [2.75, 3.05) is 33.0 Å². The van der Waals surface area contributed by atoms with Crippen molar-refractivity contribution >= 4 is 11.9 Å². The molecule has 0 bridgehead atoms. The summed E-state index contributed by atoms with van der Waals surface area (Å²) < 4.78 is 4.86. The number of carboxylic acids is 1. The molecule has 0 radical (unpaired) electrons. The van der Waals surface area contributed by atoms with E-state index in [9.17, 15) is 9.59 Å². The molecule has 160 valence electrons. The topological polar surface area (TPSA) is 145 Å². The fourth-order valence-electron chi connectivity index (χ4n) is 0.915. The Bertz CT molecular complexity index is 435. The van der Waals surface area contributed by atoms with E-state index in [1.54, 1.807) is 6.92 Å². The maximum Gasteiger partial charge on any atom is 0.333 e. The minimum atomic E-state index is -0.935. The molecule has 0 spiro atoms. The van der Waals surface area contributed by atoms with Crippen LogP contribution in [0.5, 0.6) is 0 Å². The van der Waals surface area contributed by atoms with Gasteiger partial charge in [-0.05, 0) is 20.3 Å². The summed E-state index contributed by atoms with van der Waals surface area (Å²) in [6.45, 7) is 14.8. The van der Waals surface area contributed by atoms with Crippen LogP contribution < -0.4 is 0 Å². The summed E-state index contributed by atoms with van der Waals surface area (Å²) in [4.78, 5) is 20.5. The molecule has 0 unspecified atom stereocenters. The van der Waals surface area contributed by atoms with Crippen molar-refractivity contribution in [2.24, 2.45) is 10.8 Å². The average molecular weight is 392 g/mol. The second kappa shape index (κ2) is 15.3. The molecule has 27 heavy (non-hydrogen) atoms. The van der Waals surface area contributed by atoms with Crippen LogP contribution in [0.2, 0.25) is 0 Å². The molecule has 0 aliphatic carbocycles. The number of carboxylic acid groups (broad SMARTS) is 1. The van der Waals surface area contributed by atoms with Crippen molar-refractivity contribution in [3.05, 3.63) is 24.3 Å². The summed E-state index contributed by atoms with van der Waals surface area (Å²) in [6, 6.07) is 0. The van der Waals surface area contributed by atoms with Crippen LogP contribution in [-0.4, -0.2) is 70.5 Å². The Morgan fingerprint density at radius 1 is 0.889 bits per heavy atom. The van der Waals surface area contributed by atoms with E-state index < -0.39 is 17.4 Å². The Labute approximate surface area is 161 Å². The monoisotopic (exact) mass is 392 g/mol. The second-order valence-electron chi connectivity index (χ2n) is 7.09. The van der Waals surface area contributed by atoms with Gasteiger partial charge in [-0.15, -0.1) is 0 Å². The number of aliphatic hydroxyl groups excluding tert-OH is 4.